The van der Waals surface area contributed by atoms with Crippen molar-refractivity contribution >= 4 is 30.6 Å². The maximum Gasteiger partial charge on any atom is 0.113 e. The van der Waals surface area contributed by atoms with Crippen LogP contribution < -0.4 is 11.1 Å². The second-order valence-electron chi connectivity index (χ2n) is 1.98. The fourth-order valence-electron chi connectivity index (χ4n) is 0.721. The first-order valence-corrected chi connectivity index (χ1v) is 2.84. The summed E-state index contributed by atoms with van der Waals surface area (Å²) in [6.45, 7) is 3.77. The monoisotopic (exact) mass is 185 g/mol. The van der Waals surface area contributed by atoms with Crippen LogP contribution in [0.25, 0.3) is 0 Å². The zero-order valence-corrected chi connectivity index (χ0v) is 7.47. The Morgan fingerprint density at radius 1 is 1.60 bits per heavy atom. The maximum absolute atomic E-state index is 5.50. The van der Waals surface area contributed by atoms with Gasteiger partial charge in [0.1, 0.15) is 5.84 Å². The molecule has 0 bridgehead atoms. The van der Waals surface area contributed by atoms with Gasteiger partial charge in [0.15, 0.2) is 0 Å². The fraction of sp³-hybridized carbons (Fsp3) is 0.800. The lowest BCUT2D eigenvalue weighted by Gasteiger charge is -2.03. The van der Waals surface area contributed by atoms with Crippen molar-refractivity contribution in [1.82, 2.24) is 5.32 Å². The minimum Gasteiger partial charge on any atom is -0.371 e. The van der Waals surface area contributed by atoms with Crippen LogP contribution in [0.15, 0.2) is 4.99 Å². The summed E-state index contributed by atoms with van der Waals surface area (Å²) in [6.07, 6.45) is 0. The van der Waals surface area contributed by atoms with E-state index in [-0.39, 0.29) is 30.9 Å². The highest BCUT2D eigenvalue weighted by molar-refractivity contribution is 5.88. The van der Waals surface area contributed by atoms with Gasteiger partial charge < -0.3 is 11.1 Å². The van der Waals surface area contributed by atoms with Crippen molar-refractivity contribution in [2.24, 2.45) is 10.7 Å². The molecular formula is C5H13Cl2N3. The SMILES string of the molecule is CC(N)C1=NCCN1.Cl.Cl. The van der Waals surface area contributed by atoms with E-state index in [1.807, 2.05) is 6.92 Å². The topological polar surface area (TPSA) is 50.4 Å². The Morgan fingerprint density at radius 3 is 2.40 bits per heavy atom. The molecular weight excluding hydrogens is 173 g/mol. The van der Waals surface area contributed by atoms with Crippen LogP contribution >= 0.6 is 24.8 Å². The number of aliphatic imine (C=N–C) groups is 1. The normalized spacial score (nSPS) is 17.6. The Morgan fingerprint density at radius 2 is 2.20 bits per heavy atom. The quantitative estimate of drug-likeness (QED) is 0.613. The zero-order valence-electron chi connectivity index (χ0n) is 5.83. The molecule has 0 aromatic heterocycles. The van der Waals surface area contributed by atoms with E-state index in [9.17, 15) is 0 Å². The Hall–Kier alpha value is 0.01000. The molecule has 0 radical (unpaired) electrons. The molecule has 0 fully saturated rings. The van der Waals surface area contributed by atoms with Gasteiger partial charge in [0.25, 0.3) is 0 Å². The van der Waals surface area contributed by atoms with E-state index in [0.717, 1.165) is 18.9 Å². The molecule has 1 heterocycles. The number of nitrogens with two attached hydrogens (primary N) is 1. The molecule has 0 amide bonds. The largest absolute Gasteiger partial charge is 0.371 e. The third-order valence-corrected chi connectivity index (χ3v) is 1.13. The maximum atomic E-state index is 5.50. The van der Waals surface area contributed by atoms with Crippen molar-refractivity contribution in [3.8, 4) is 0 Å². The lowest BCUT2D eigenvalue weighted by molar-refractivity contribution is 0.902. The third-order valence-electron chi connectivity index (χ3n) is 1.13. The lowest BCUT2D eigenvalue weighted by atomic mass is 10.3. The van der Waals surface area contributed by atoms with E-state index >= 15 is 0 Å². The molecule has 62 valence electrons. The van der Waals surface area contributed by atoms with E-state index in [1.54, 1.807) is 0 Å². The van der Waals surface area contributed by atoms with Crippen LogP contribution in [-0.2, 0) is 0 Å². The van der Waals surface area contributed by atoms with Crippen LogP contribution in [0.4, 0.5) is 0 Å². The number of halogens is 2. The number of hydrogen-bond donors (Lipinski definition) is 2. The number of amidine groups is 1. The second kappa shape index (κ2) is 5.77. The van der Waals surface area contributed by atoms with Gasteiger partial charge in [-0.3, -0.25) is 4.99 Å². The van der Waals surface area contributed by atoms with Crippen LogP contribution in [0, 0.1) is 0 Å². The number of hydrogen-bond acceptors (Lipinski definition) is 3. The molecule has 1 rings (SSSR count). The smallest absolute Gasteiger partial charge is 0.113 e. The zero-order chi connectivity index (χ0) is 5.98. The average molecular weight is 186 g/mol. The third kappa shape index (κ3) is 3.25. The predicted octanol–water partition coefficient (Wildman–Crippen LogP) is 0.179. The van der Waals surface area contributed by atoms with E-state index in [2.05, 4.69) is 10.3 Å². The molecule has 1 atom stereocenters. The first-order valence-electron chi connectivity index (χ1n) is 2.84. The summed E-state index contributed by atoms with van der Waals surface area (Å²) in [5.41, 5.74) is 5.50. The van der Waals surface area contributed by atoms with Gasteiger partial charge >= 0.3 is 0 Å². The molecule has 5 heteroatoms. The number of nitrogens with zero attached hydrogens (tertiary/aromatic N) is 1. The molecule has 1 aliphatic rings. The van der Waals surface area contributed by atoms with Crippen molar-refractivity contribution in [3.63, 3.8) is 0 Å². The first-order chi connectivity index (χ1) is 3.80. The molecule has 3 N–H and O–H groups in total. The average Bonchev–Trinajstić information content (AvgIpc) is 2.12. The van der Waals surface area contributed by atoms with Crippen molar-refractivity contribution in [2.75, 3.05) is 13.1 Å². The molecule has 0 aliphatic carbocycles. The van der Waals surface area contributed by atoms with Gasteiger partial charge in [-0.1, -0.05) is 0 Å². The highest BCUT2D eigenvalue weighted by Crippen LogP contribution is 1.87. The highest BCUT2D eigenvalue weighted by atomic mass is 35.5. The van der Waals surface area contributed by atoms with Crippen molar-refractivity contribution in [2.45, 2.75) is 13.0 Å². The van der Waals surface area contributed by atoms with Crippen LogP contribution in [0.1, 0.15) is 6.92 Å². The second-order valence-corrected chi connectivity index (χ2v) is 1.98. The lowest BCUT2D eigenvalue weighted by Crippen LogP contribution is -2.35. The molecule has 3 nitrogen and oxygen atoms in total. The Bertz CT molecular complexity index is 113. The molecule has 10 heavy (non-hydrogen) atoms. The van der Waals surface area contributed by atoms with Gasteiger partial charge in [0.2, 0.25) is 0 Å². The predicted molar refractivity (Wildman–Crippen MR) is 48.5 cm³/mol. The Labute approximate surface area is 73.3 Å². The molecule has 0 saturated carbocycles. The minimum absolute atomic E-state index is 0. The number of rotatable bonds is 1. The molecule has 0 saturated heterocycles. The highest BCUT2D eigenvalue weighted by Gasteiger charge is 2.07. The van der Waals surface area contributed by atoms with Crippen LogP contribution in [0.5, 0.6) is 0 Å². The van der Waals surface area contributed by atoms with Crippen LogP contribution in [-0.4, -0.2) is 25.0 Å². The van der Waals surface area contributed by atoms with Gasteiger partial charge in [0.05, 0.1) is 12.6 Å². The molecule has 1 aliphatic heterocycles. The first kappa shape index (κ1) is 12.7. The minimum atomic E-state index is 0. The molecule has 0 aromatic carbocycles. The molecule has 1 unspecified atom stereocenters. The fourth-order valence-corrected chi connectivity index (χ4v) is 0.721. The summed E-state index contributed by atoms with van der Waals surface area (Å²) < 4.78 is 0. The summed E-state index contributed by atoms with van der Waals surface area (Å²) in [5, 5.41) is 3.08. The standard InChI is InChI=1S/C5H11N3.2ClH/c1-4(6)5-7-2-3-8-5;;/h4H,2-3,6H2,1H3,(H,7,8);2*1H. The van der Waals surface area contributed by atoms with Gasteiger partial charge in [-0.05, 0) is 6.92 Å². The van der Waals surface area contributed by atoms with Gasteiger partial charge in [-0.2, -0.15) is 0 Å². The van der Waals surface area contributed by atoms with Crippen molar-refractivity contribution < 1.29 is 0 Å². The summed E-state index contributed by atoms with van der Waals surface area (Å²) in [5.74, 6) is 0.949. The Balaban J connectivity index is 0. The number of nitrogens with one attached hydrogen (secondary N) is 1. The summed E-state index contributed by atoms with van der Waals surface area (Å²) in [6, 6.07) is 0.0810. The van der Waals surface area contributed by atoms with E-state index in [0.29, 0.717) is 0 Å². The molecule has 0 aromatic rings. The van der Waals surface area contributed by atoms with Crippen LogP contribution in [0.3, 0.4) is 0 Å². The molecule has 0 spiro atoms. The summed E-state index contributed by atoms with van der Waals surface area (Å²) in [4.78, 5) is 4.12. The van der Waals surface area contributed by atoms with E-state index < -0.39 is 0 Å². The van der Waals surface area contributed by atoms with Gasteiger partial charge in [0, 0.05) is 6.54 Å². The summed E-state index contributed by atoms with van der Waals surface area (Å²) in [7, 11) is 0. The van der Waals surface area contributed by atoms with Crippen LogP contribution in [0.2, 0.25) is 0 Å². The van der Waals surface area contributed by atoms with Gasteiger partial charge in [-0.15, -0.1) is 24.8 Å². The van der Waals surface area contributed by atoms with E-state index in [1.165, 1.54) is 0 Å². The van der Waals surface area contributed by atoms with Gasteiger partial charge in [-0.25, -0.2) is 0 Å². The Kier molecular flexibility index (Phi) is 7.31. The summed E-state index contributed by atoms with van der Waals surface area (Å²) >= 11 is 0. The van der Waals surface area contributed by atoms with E-state index in [4.69, 9.17) is 5.73 Å². The van der Waals surface area contributed by atoms with Crippen molar-refractivity contribution in [3.05, 3.63) is 0 Å². The van der Waals surface area contributed by atoms with Crippen molar-refractivity contribution in [1.29, 1.82) is 0 Å².